The summed E-state index contributed by atoms with van der Waals surface area (Å²) in [7, 11) is 2.99. The third kappa shape index (κ3) is 4.77. The Bertz CT molecular complexity index is 1210. The molecule has 1 aliphatic rings. The summed E-state index contributed by atoms with van der Waals surface area (Å²) in [5.41, 5.74) is 2.17. The molecule has 2 N–H and O–H groups in total. The molecule has 0 aliphatic heterocycles. The van der Waals surface area contributed by atoms with Gasteiger partial charge in [-0.2, -0.15) is 0 Å². The zero-order valence-corrected chi connectivity index (χ0v) is 20.3. The number of methoxy groups -OCH3 is 1. The molecule has 2 aromatic heterocycles. The molecule has 2 atom stereocenters. The number of thiophene rings is 1. The summed E-state index contributed by atoms with van der Waals surface area (Å²) in [6.07, 6.45) is 2.99. The second kappa shape index (κ2) is 9.96. The van der Waals surface area contributed by atoms with Crippen molar-refractivity contribution in [1.29, 1.82) is 0 Å². The monoisotopic (exact) mass is 488 g/mol. The number of thioether (sulfide) groups is 1. The molecule has 1 amide bonds. The van der Waals surface area contributed by atoms with E-state index in [1.54, 1.807) is 7.05 Å². The maximum Gasteiger partial charge on any atom is 0.441 e. The van der Waals surface area contributed by atoms with Crippen molar-refractivity contribution in [3.05, 3.63) is 62.3 Å². The number of anilines is 1. The Labute approximate surface area is 199 Å². The number of ether oxygens (including phenoxy) is 1. The number of aromatic nitrogens is 2. The average molecular weight is 489 g/mol. The molecule has 0 fully saturated rings. The molecular weight excluding hydrogens is 462 g/mol. The van der Waals surface area contributed by atoms with Crippen LogP contribution in [0.5, 0.6) is 0 Å². The number of nitrogens with one attached hydrogen (secondary N) is 2. The Kier molecular flexibility index (Phi) is 7.04. The highest BCUT2D eigenvalue weighted by Gasteiger charge is 2.33. The van der Waals surface area contributed by atoms with E-state index in [2.05, 4.69) is 22.7 Å². The largest absolute Gasteiger partial charge is 0.465 e. The van der Waals surface area contributed by atoms with Gasteiger partial charge in [0.25, 0.3) is 0 Å². The van der Waals surface area contributed by atoms with Gasteiger partial charge in [-0.1, -0.05) is 41.9 Å². The maximum absolute atomic E-state index is 13.1. The number of esters is 1. The van der Waals surface area contributed by atoms with E-state index in [0.29, 0.717) is 27.9 Å². The smallest absolute Gasteiger partial charge is 0.441 e. The fraction of sp³-hybridized carbons (Fsp3) is 0.391. The number of H-pyrrole nitrogens is 1. The normalized spacial score (nSPS) is 16.2. The van der Waals surface area contributed by atoms with Crippen LogP contribution in [0.4, 0.5) is 5.00 Å². The number of nitrogens with zero attached hydrogens (tertiary/aromatic N) is 1. The van der Waals surface area contributed by atoms with Gasteiger partial charge in [-0.3, -0.25) is 9.32 Å². The predicted molar refractivity (Wildman–Crippen MR) is 126 cm³/mol. The van der Waals surface area contributed by atoms with E-state index in [-0.39, 0.29) is 5.91 Å². The Morgan fingerprint density at radius 2 is 2.12 bits per heavy atom. The van der Waals surface area contributed by atoms with Crippen molar-refractivity contribution in [3.63, 3.8) is 0 Å². The summed E-state index contributed by atoms with van der Waals surface area (Å²) in [5, 5.41) is 5.69. The van der Waals surface area contributed by atoms with Gasteiger partial charge >= 0.3 is 16.6 Å². The zero-order chi connectivity index (χ0) is 23.5. The summed E-state index contributed by atoms with van der Waals surface area (Å²) in [4.78, 5) is 38.8. The van der Waals surface area contributed by atoms with E-state index in [9.17, 15) is 14.4 Å². The van der Waals surface area contributed by atoms with Gasteiger partial charge in [0.1, 0.15) is 5.00 Å². The number of hydrogen-bond donors (Lipinski definition) is 2. The molecular formula is C23H26N3O5S2+. The molecule has 174 valence electrons. The van der Waals surface area contributed by atoms with E-state index in [0.717, 1.165) is 41.5 Å². The van der Waals surface area contributed by atoms with Crippen LogP contribution in [-0.4, -0.2) is 29.5 Å². The van der Waals surface area contributed by atoms with Crippen molar-refractivity contribution in [3.8, 4) is 0 Å². The van der Waals surface area contributed by atoms with Crippen LogP contribution in [0.2, 0.25) is 0 Å². The van der Waals surface area contributed by atoms with Gasteiger partial charge in [0.05, 0.1) is 17.9 Å². The summed E-state index contributed by atoms with van der Waals surface area (Å²) in [6, 6.07) is 10.4. The second-order valence-electron chi connectivity index (χ2n) is 7.90. The molecule has 0 spiro atoms. The van der Waals surface area contributed by atoms with Gasteiger partial charge in [-0.15, -0.1) is 11.3 Å². The first kappa shape index (κ1) is 23.3. The molecule has 2 heterocycles. The van der Waals surface area contributed by atoms with E-state index in [1.807, 2.05) is 25.1 Å². The minimum atomic E-state index is -0.531. The van der Waals surface area contributed by atoms with Gasteiger partial charge in [0, 0.05) is 4.88 Å². The molecule has 0 saturated heterocycles. The van der Waals surface area contributed by atoms with Gasteiger partial charge in [-0.05, 0) is 59.8 Å². The van der Waals surface area contributed by atoms with Crippen molar-refractivity contribution in [2.75, 3.05) is 12.4 Å². The SMILES string of the molecule is CCC(Sc1c(=O)o[nH][n+]1C)C(=O)Nc1sc2c(c1C(=O)OC)CCC(c1ccccc1)C2. The Morgan fingerprint density at radius 3 is 2.76 bits per heavy atom. The number of hydrogen-bond acceptors (Lipinski definition) is 7. The number of carbonyl (C=O) groups excluding carboxylic acids is 2. The van der Waals surface area contributed by atoms with Crippen LogP contribution in [0.25, 0.3) is 0 Å². The second-order valence-corrected chi connectivity index (χ2v) is 10.2. The van der Waals surface area contributed by atoms with Gasteiger partial charge < -0.3 is 10.1 Å². The van der Waals surface area contributed by atoms with Crippen LogP contribution in [0.1, 0.15) is 52.0 Å². The first-order valence-electron chi connectivity index (χ1n) is 10.8. The first-order valence-corrected chi connectivity index (χ1v) is 12.4. The standard InChI is InChI=1S/C23H25N3O5S2/c1-4-16(33-21-23(29)31-25-26(21)2)19(27)24-20-18(22(28)30-3)15-11-10-14(12-17(15)32-20)13-8-6-5-7-9-13/h5-9,14,16H,4,10-12H2,1-3H3,(H-,24,25,27,28,29)/p+1. The summed E-state index contributed by atoms with van der Waals surface area (Å²) >= 11 is 2.57. The molecule has 3 aromatic rings. The van der Waals surface area contributed by atoms with Crippen LogP contribution in [0, 0.1) is 0 Å². The van der Waals surface area contributed by atoms with Gasteiger partial charge in [-0.25, -0.2) is 9.59 Å². The number of aromatic amines is 1. The third-order valence-corrected chi connectivity index (χ3v) is 8.50. The molecule has 1 aliphatic carbocycles. The van der Waals surface area contributed by atoms with Crippen molar-refractivity contribution >= 4 is 40.0 Å². The lowest BCUT2D eigenvalue weighted by Gasteiger charge is -2.22. The molecule has 0 saturated carbocycles. The topological polar surface area (TPSA) is 105 Å². The Morgan fingerprint density at radius 1 is 1.36 bits per heavy atom. The number of benzene rings is 1. The molecule has 1 aromatic carbocycles. The number of carbonyl (C=O) groups is 2. The van der Waals surface area contributed by atoms with Crippen LogP contribution < -0.4 is 15.6 Å². The lowest BCUT2D eigenvalue weighted by molar-refractivity contribution is -0.772. The van der Waals surface area contributed by atoms with E-state index in [1.165, 1.54) is 28.7 Å². The Balaban J connectivity index is 1.59. The van der Waals surface area contributed by atoms with Crippen LogP contribution >= 0.6 is 23.1 Å². The molecule has 10 heteroatoms. The minimum absolute atomic E-state index is 0.272. The van der Waals surface area contributed by atoms with Crippen molar-refractivity contribution in [2.45, 2.75) is 48.8 Å². The number of aryl methyl sites for hydroxylation is 1. The zero-order valence-electron chi connectivity index (χ0n) is 18.7. The number of amides is 1. The highest BCUT2D eigenvalue weighted by molar-refractivity contribution is 8.00. The highest BCUT2D eigenvalue weighted by Crippen LogP contribution is 2.43. The maximum atomic E-state index is 13.1. The molecule has 8 nitrogen and oxygen atoms in total. The van der Waals surface area contributed by atoms with Crippen LogP contribution in [0.15, 0.2) is 44.7 Å². The van der Waals surface area contributed by atoms with Crippen LogP contribution in [0.3, 0.4) is 0 Å². The Hall–Kier alpha value is -2.85. The van der Waals surface area contributed by atoms with Crippen molar-refractivity contribution < 1.29 is 23.5 Å². The summed E-state index contributed by atoms with van der Waals surface area (Å²) in [5.74, 6) is -0.344. The molecule has 2 unspecified atom stereocenters. The highest BCUT2D eigenvalue weighted by atomic mass is 32.2. The van der Waals surface area contributed by atoms with Crippen molar-refractivity contribution in [2.24, 2.45) is 7.05 Å². The van der Waals surface area contributed by atoms with E-state index in [4.69, 9.17) is 9.26 Å². The summed E-state index contributed by atoms with van der Waals surface area (Å²) < 4.78 is 11.3. The molecule has 4 rings (SSSR count). The van der Waals surface area contributed by atoms with Gasteiger partial charge in [0.15, 0.2) is 7.05 Å². The van der Waals surface area contributed by atoms with Crippen molar-refractivity contribution in [1.82, 2.24) is 5.27 Å². The fourth-order valence-corrected chi connectivity index (χ4v) is 6.36. The molecule has 0 bridgehead atoms. The predicted octanol–water partition coefficient (Wildman–Crippen LogP) is 3.42. The minimum Gasteiger partial charge on any atom is -0.465 e. The van der Waals surface area contributed by atoms with Gasteiger partial charge in [0.2, 0.25) is 5.91 Å². The van der Waals surface area contributed by atoms with E-state index < -0.39 is 16.8 Å². The van der Waals surface area contributed by atoms with E-state index >= 15 is 0 Å². The summed E-state index contributed by atoms with van der Waals surface area (Å²) in [6.45, 7) is 1.87. The molecule has 33 heavy (non-hydrogen) atoms. The number of rotatable bonds is 7. The number of fused-ring (bicyclic) bond motifs is 1. The quantitative estimate of drug-likeness (QED) is 0.300. The van der Waals surface area contributed by atoms with Crippen LogP contribution in [-0.2, 0) is 29.4 Å². The molecule has 0 radical (unpaired) electrons. The third-order valence-electron chi connectivity index (χ3n) is 5.83. The fourth-order valence-electron chi connectivity index (χ4n) is 4.11. The lowest BCUT2D eigenvalue weighted by atomic mass is 9.83. The first-order chi connectivity index (χ1) is 15.9. The lowest BCUT2D eigenvalue weighted by Crippen LogP contribution is -2.35. The average Bonchev–Trinajstić information content (AvgIpc) is 3.35.